The van der Waals surface area contributed by atoms with Gasteiger partial charge < -0.3 is 9.64 Å². The molecule has 17 heavy (non-hydrogen) atoms. The zero-order chi connectivity index (χ0) is 12.9. The Morgan fingerprint density at radius 1 is 1.29 bits per heavy atom. The third-order valence-electron chi connectivity index (χ3n) is 3.03. The summed E-state index contributed by atoms with van der Waals surface area (Å²) in [5.41, 5.74) is 0.0899. The molecule has 0 spiro atoms. The SMILES string of the molecule is CCCOC1CCN(C(=O)CC(C)(C)C)CC1. The highest BCUT2D eigenvalue weighted by molar-refractivity contribution is 5.76. The van der Waals surface area contributed by atoms with Crippen molar-refractivity contribution in [2.45, 2.75) is 59.5 Å². The van der Waals surface area contributed by atoms with Crippen molar-refractivity contribution in [2.75, 3.05) is 19.7 Å². The van der Waals surface area contributed by atoms with E-state index in [1.165, 1.54) is 0 Å². The lowest BCUT2D eigenvalue weighted by Crippen LogP contribution is -2.42. The van der Waals surface area contributed by atoms with Gasteiger partial charge in [-0.1, -0.05) is 27.7 Å². The molecule has 0 unspecified atom stereocenters. The molecule has 0 aromatic rings. The van der Waals surface area contributed by atoms with Crippen molar-refractivity contribution in [1.29, 1.82) is 0 Å². The lowest BCUT2D eigenvalue weighted by Gasteiger charge is -2.33. The zero-order valence-electron chi connectivity index (χ0n) is 11.8. The zero-order valence-corrected chi connectivity index (χ0v) is 11.8. The van der Waals surface area contributed by atoms with Crippen molar-refractivity contribution in [2.24, 2.45) is 5.41 Å². The molecule has 1 aliphatic heterocycles. The number of ether oxygens (including phenoxy) is 1. The van der Waals surface area contributed by atoms with Gasteiger partial charge in [0.05, 0.1) is 6.10 Å². The van der Waals surface area contributed by atoms with Gasteiger partial charge in [0.1, 0.15) is 0 Å². The van der Waals surface area contributed by atoms with E-state index in [2.05, 4.69) is 27.7 Å². The molecule has 1 saturated heterocycles. The second kappa shape index (κ2) is 6.39. The molecule has 0 aromatic carbocycles. The summed E-state index contributed by atoms with van der Waals surface area (Å²) in [6, 6.07) is 0. The van der Waals surface area contributed by atoms with Gasteiger partial charge >= 0.3 is 0 Å². The van der Waals surface area contributed by atoms with E-state index in [0.717, 1.165) is 39.0 Å². The molecule has 0 N–H and O–H groups in total. The highest BCUT2D eigenvalue weighted by Gasteiger charge is 2.25. The Morgan fingerprint density at radius 2 is 1.88 bits per heavy atom. The van der Waals surface area contributed by atoms with Crippen molar-refractivity contribution in [3.8, 4) is 0 Å². The maximum atomic E-state index is 12.0. The van der Waals surface area contributed by atoms with E-state index in [4.69, 9.17) is 4.74 Å². The van der Waals surface area contributed by atoms with Crippen LogP contribution in [0.3, 0.4) is 0 Å². The third-order valence-corrected chi connectivity index (χ3v) is 3.03. The monoisotopic (exact) mass is 241 g/mol. The lowest BCUT2D eigenvalue weighted by molar-refractivity contribution is -0.135. The Hall–Kier alpha value is -0.570. The first-order valence-corrected chi connectivity index (χ1v) is 6.82. The first kappa shape index (κ1) is 14.5. The Kier molecular flexibility index (Phi) is 5.44. The third kappa shape index (κ3) is 5.53. The van der Waals surface area contributed by atoms with Crippen LogP contribution in [0.2, 0.25) is 0 Å². The fourth-order valence-electron chi connectivity index (χ4n) is 2.12. The smallest absolute Gasteiger partial charge is 0.223 e. The summed E-state index contributed by atoms with van der Waals surface area (Å²) in [5.74, 6) is 0.298. The van der Waals surface area contributed by atoms with Crippen LogP contribution in [-0.2, 0) is 9.53 Å². The molecule has 3 nitrogen and oxygen atoms in total. The number of piperidine rings is 1. The molecule has 0 saturated carbocycles. The minimum absolute atomic E-state index is 0.0899. The number of carbonyl (C=O) groups is 1. The standard InChI is InChI=1S/C14H27NO2/c1-5-10-17-12-6-8-15(9-7-12)13(16)11-14(2,3)4/h12H,5-11H2,1-4H3. The van der Waals surface area contributed by atoms with Crippen molar-refractivity contribution in [3.63, 3.8) is 0 Å². The molecule has 1 rings (SSSR count). The average Bonchev–Trinajstić information content (AvgIpc) is 2.24. The van der Waals surface area contributed by atoms with E-state index in [1.807, 2.05) is 4.90 Å². The summed E-state index contributed by atoms with van der Waals surface area (Å²) in [7, 11) is 0. The molecule has 1 aliphatic rings. The largest absolute Gasteiger partial charge is 0.378 e. The van der Waals surface area contributed by atoms with Crippen LogP contribution in [0.25, 0.3) is 0 Å². The second-order valence-electron chi connectivity index (χ2n) is 6.19. The molecular formula is C14H27NO2. The van der Waals surface area contributed by atoms with Crippen LogP contribution < -0.4 is 0 Å². The van der Waals surface area contributed by atoms with Crippen LogP contribution in [0.5, 0.6) is 0 Å². The average molecular weight is 241 g/mol. The molecule has 0 bridgehead atoms. The van der Waals surface area contributed by atoms with E-state index in [1.54, 1.807) is 0 Å². The number of amides is 1. The van der Waals surface area contributed by atoms with Gasteiger partial charge in [0.15, 0.2) is 0 Å². The number of likely N-dealkylation sites (tertiary alicyclic amines) is 1. The van der Waals surface area contributed by atoms with Crippen LogP contribution in [0.15, 0.2) is 0 Å². The topological polar surface area (TPSA) is 29.5 Å². The van der Waals surface area contributed by atoms with Gasteiger partial charge in [-0.05, 0) is 24.7 Å². The fourth-order valence-corrected chi connectivity index (χ4v) is 2.12. The van der Waals surface area contributed by atoms with E-state index in [9.17, 15) is 4.79 Å². The van der Waals surface area contributed by atoms with Gasteiger partial charge in [-0.15, -0.1) is 0 Å². The van der Waals surface area contributed by atoms with Crippen molar-refractivity contribution in [1.82, 2.24) is 4.90 Å². The predicted octanol–water partition coefficient (Wildman–Crippen LogP) is 2.84. The molecule has 1 heterocycles. The fraction of sp³-hybridized carbons (Fsp3) is 0.929. The summed E-state index contributed by atoms with van der Waals surface area (Å²) < 4.78 is 5.72. The Balaban J connectivity index is 2.29. The number of hydrogen-bond donors (Lipinski definition) is 0. The maximum Gasteiger partial charge on any atom is 0.223 e. The molecule has 0 radical (unpaired) electrons. The summed E-state index contributed by atoms with van der Waals surface area (Å²) in [4.78, 5) is 14.0. The molecule has 0 aromatic heterocycles. The van der Waals surface area contributed by atoms with Crippen molar-refractivity contribution < 1.29 is 9.53 Å². The Labute approximate surface area is 106 Å². The highest BCUT2D eigenvalue weighted by atomic mass is 16.5. The van der Waals surface area contributed by atoms with Gasteiger partial charge in [0, 0.05) is 26.1 Å². The number of nitrogens with zero attached hydrogens (tertiary/aromatic N) is 1. The van der Waals surface area contributed by atoms with Gasteiger partial charge in [-0.25, -0.2) is 0 Å². The van der Waals surface area contributed by atoms with E-state index in [-0.39, 0.29) is 5.41 Å². The van der Waals surface area contributed by atoms with Crippen LogP contribution in [0.1, 0.15) is 53.4 Å². The predicted molar refractivity (Wildman–Crippen MR) is 69.9 cm³/mol. The Bertz CT molecular complexity index is 237. The summed E-state index contributed by atoms with van der Waals surface area (Å²) >= 11 is 0. The molecule has 1 fully saturated rings. The summed E-state index contributed by atoms with van der Waals surface area (Å²) in [6.07, 6.45) is 4.08. The summed E-state index contributed by atoms with van der Waals surface area (Å²) in [6.45, 7) is 11.0. The quantitative estimate of drug-likeness (QED) is 0.757. The van der Waals surface area contributed by atoms with Crippen LogP contribution >= 0.6 is 0 Å². The normalized spacial score (nSPS) is 18.5. The van der Waals surface area contributed by atoms with Gasteiger partial charge in [-0.2, -0.15) is 0 Å². The minimum Gasteiger partial charge on any atom is -0.378 e. The maximum absolute atomic E-state index is 12.0. The minimum atomic E-state index is 0.0899. The summed E-state index contributed by atoms with van der Waals surface area (Å²) in [5, 5.41) is 0. The number of carbonyl (C=O) groups excluding carboxylic acids is 1. The van der Waals surface area contributed by atoms with Gasteiger partial charge in [0.2, 0.25) is 5.91 Å². The van der Waals surface area contributed by atoms with Crippen molar-refractivity contribution in [3.05, 3.63) is 0 Å². The molecular weight excluding hydrogens is 214 g/mol. The lowest BCUT2D eigenvalue weighted by atomic mass is 9.91. The molecule has 0 aliphatic carbocycles. The molecule has 1 amide bonds. The molecule has 100 valence electrons. The van der Waals surface area contributed by atoms with Gasteiger partial charge in [0.25, 0.3) is 0 Å². The van der Waals surface area contributed by atoms with Crippen LogP contribution in [0, 0.1) is 5.41 Å². The van der Waals surface area contributed by atoms with E-state index < -0.39 is 0 Å². The highest BCUT2D eigenvalue weighted by Crippen LogP contribution is 2.22. The van der Waals surface area contributed by atoms with Gasteiger partial charge in [-0.3, -0.25) is 4.79 Å². The van der Waals surface area contributed by atoms with Crippen LogP contribution in [0.4, 0.5) is 0 Å². The second-order valence-corrected chi connectivity index (χ2v) is 6.19. The first-order chi connectivity index (χ1) is 7.92. The van der Waals surface area contributed by atoms with E-state index >= 15 is 0 Å². The van der Waals surface area contributed by atoms with Crippen molar-refractivity contribution >= 4 is 5.91 Å². The Morgan fingerprint density at radius 3 is 2.35 bits per heavy atom. The van der Waals surface area contributed by atoms with Crippen LogP contribution in [-0.4, -0.2) is 36.6 Å². The molecule has 0 atom stereocenters. The number of hydrogen-bond acceptors (Lipinski definition) is 2. The molecule has 3 heteroatoms. The van der Waals surface area contributed by atoms with E-state index in [0.29, 0.717) is 18.4 Å². The first-order valence-electron chi connectivity index (χ1n) is 6.82. The number of rotatable bonds is 4.